The first-order chi connectivity index (χ1) is 7.63. The molecule has 1 heterocycles. The van der Waals surface area contributed by atoms with E-state index in [1.54, 1.807) is 0 Å². The minimum atomic E-state index is 0.577. The number of aryl methyl sites for hydroxylation is 1. The lowest BCUT2D eigenvalue weighted by molar-refractivity contribution is 0.603. The van der Waals surface area contributed by atoms with Crippen molar-refractivity contribution in [3.05, 3.63) is 23.8 Å². The minimum Gasteiger partial charge on any atom is -0.370 e. The maximum absolute atomic E-state index is 3.29. The molecule has 0 amide bonds. The number of benzene rings is 1. The maximum Gasteiger partial charge on any atom is 0.0504 e. The molecule has 1 aliphatic heterocycles. The van der Waals surface area contributed by atoms with Crippen molar-refractivity contribution in [3.63, 3.8) is 0 Å². The first-order valence-electron chi connectivity index (χ1n) is 5.78. The van der Waals surface area contributed by atoms with Crippen LogP contribution in [0.15, 0.2) is 23.1 Å². The molecule has 0 aliphatic carbocycles. The van der Waals surface area contributed by atoms with Gasteiger partial charge in [0.2, 0.25) is 0 Å². The van der Waals surface area contributed by atoms with Gasteiger partial charge in [0.05, 0.1) is 5.69 Å². The molecule has 0 bridgehead atoms. The van der Waals surface area contributed by atoms with Gasteiger partial charge in [0, 0.05) is 29.8 Å². The van der Waals surface area contributed by atoms with E-state index in [0.717, 1.165) is 6.54 Å². The summed E-state index contributed by atoms with van der Waals surface area (Å²) in [5, 5.41) is 3.92. The Morgan fingerprint density at radius 2 is 2.19 bits per heavy atom. The van der Waals surface area contributed by atoms with Crippen molar-refractivity contribution in [2.75, 3.05) is 25.5 Å². The Labute approximate surface area is 102 Å². The largest absolute Gasteiger partial charge is 0.370 e. The molecule has 16 heavy (non-hydrogen) atoms. The lowest BCUT2D eigenvalue weighted by atomic mass is 10.1. The smallest absolute Gasteiger partial charge is 0.0504 e. The van der Waals surface area contributed by atoms with Crippen LogP contribution in [-0.4, -0.2) is 31.9 Å². The summed E-state index contributed by atoms with van der Waals surface area (Å²) in [7, 11) is 4.22. The topological polar surface area (TPSA) is 15.3 Å². The van der Waals surface area contributed by atoms with E-state index in [1.165, 1.54) is 16.1 Å². The highest BCUT2D eigenvalue weighted by Crippen LogP contribution is 2.40. The summed E-state index contributed by atoms with van der Waals surface area (Å²) in [4.78, 5) is 3.81. The van der Waals surface area contributed by atoms with Crippen LogP contribution >= 0.6 is 11.8 Å². The van der Waals surface area contributed by atoms with E-state index in [0.29, 0.717) is 11.3 Å². The van der Waals surface area contributed by atoms with Gasteiger partial charge in [-0.15, -0.1) is 11.8 Å². The lowest BCUT2D eigenvalue weighted by Gasteiger charge is -2.39. The number of thioether (sulfide) groups is 1. The molecule has 0 aromatic heterocycles. The third kappa shape index (κ3) is 2.06. The standard InChI is InChI=1S/C13H20N2S/c1-9-5-6-11-12(7-9)16-13(8-14-3)10(2)15(11)4/h5-7,10,13-14H,8H2,1-4H3. The predicted octanol–water partition coefficient (Wildman–Crippen LogP) is 2.51. The van der Waals surface area contributed by atoms with Crippen molar-refractivity contribution in [2.45, 2.75) is 30.0 Å². The number of anilines is 1. The van der Waals surface area contributed by atoms with Gasteiger partial charge in [-0.05, 0) is 38.6 Å². The quantitative estimate of drug-likeness (QED) is 0.849. The molecule has 88 valence electrons. The number of hydrogen-bond acceptors (Lipinski definition) is 3. The first-order valence-corrected chi connectivity index (χ1v) is 6.66. The van der Waals surface area contributed by atoms with E-state index in [4.69, 9.17) is 0 Å². The Morgan fingerprint density at radius 3 is 2.88 bits per heavy atom. The fourth-order valence-electron chi connectivity index (χ4n) is 2.15. The van der Waals surface area contributed by atoms with Crippen LogP contribution in [0.3, 0.4) is 0 Å². The van der Waals surface area contributed by atoms with Gasteiger partial charge in [0.25, 0.3) is 0 Å². The predicted molar refractivity (Wildman–Crippen MR) is 72.6 cm³/mol. The molecule has 0 saturated heterocycles. The van der Waals surface area contributed by atoms with Crippen molar-refractivity contribution in [1.29, 1.82) is 0 Å². The fourth-order valence-corrected chi connectivity index (χ4v) is 3.69. The van der Waals surface area contributed by atoms with Crippen LogP contribution in [0.5, 0.6) is 0 Å². The highest BCUT2D eigenvalue weighted by atomic mass is 32.2. The van der Waals surface area contributed by atoms with Crippen molar-refractivity contribution in [1.82, 2.24) is 5.32 Å². The van der Waals surface area contributed by atoms with Gasteiger partial charge in [-0.1, -0.05) is 6.07 Å². The molecule has 2 rings (SSSR count). The molecule has 0 radical (unpaired) electrons. The Kier molecular flexibility index (Phi) is 3.45. The Morgan fingerprint density at radius 1 is 1.44 bits per heavy atom. The van der Waals surface area contributed by atoms with E-state index in [-0.39, 0.29) is 0 Å². The van der Waals surface area contributed by atoms with E-state index >= 15 is 0 Å². The normalized spacial score (nSPS) is 24.4. The Bertz CT molecular complexity index is 378. The minimum absolute atomic E-state index is 0.577. The molecule has 1 N–H and O–H groups in total. The molecular weight excluding hydrogens is 216 g/mol. The monoisotopic (exact) mass is 236 g/mol. The molecule has 1 aromatic rings. The molecule has 2 nitrogen and oxygen atoms in total. The summed E-state index contributed by atoms with van der Waals surface area (Å²) < 4.78 is 0. The number of fused-ring (bicyclic) bond motifs is 1. The van der Waals surface area contributed by atoms with Crippen LogP contribution in [0.25, 0.3) is 0 Å². The average Bonchev–Trinajstić information content (AvgIpc) is 2.25. The summed E-state index contributed by atoms with van der Waals surface area (Å²) >= 11 is 2.00. The van der Waals surface area contributed by atoms with Crippen LogP contribution in [-0.2, 0) is 0 Å². The molecule has 0 saturated carbocycles. The fraction of sp³-hybridized carbons (Fsp3) is 0.538. The lowest BCUT2D eigenvalue weighted by Crippen LogP contribution is -2.44. The number of nitrogens with one attached hydrogen (secondary N) is 1. The highest BCUT2D eigenvalue weighted by molar-refractivity contribution is 8.00. The number of hydrogen-bond donors (Lipinski definition) is 1. The number of nitrogens with zero attached hydrogens (tertiary/aromatic N) is 1. The maximum atomic E-state index is 3.29. The van der Waals surface area contributed by atoms with Crippen LogP contribution in [0, 0.1) is 6.92 Å². The summed E-state index contributed by atoms with van der Waals surface area (Å²) in [6.07, 6.45) is 0. The molecule has 0 fully saturated rings. The van der Waals surface area contributed by atoms with Gasteiger partial charge in [0.1, 0.15) is 0 Å². The summed E-state index contributed by atoms with van der Waals surface area (Å²) in [5.41, 5.74) is 2.72. The van der Waals surface area contributed by atoms with E-state index in [9.17, 15) is 0 Å². The summed E-state index contributed by atoms with van der Waals surface area (Å²) in [5.74, 6) is 0. The molecule has 2 atom stereocenters. The molecule has 1 aliphatic rings. The van der Waals surface area contributed by atoms with Crippen molar-refractivity contribution in [3.8, 4) is 0 Å². The van der Waals surface area contributed by atoms with Gasteiger partial charge in [0.15, 0.2) is 0 Å². The van der Waals surface area contributed by atoms with E-state index in [1.807, 2.05) is 18.8 Å². The van der Waals surface area contributed by atoms with E-state index < -0.39 is 0 Å². The third-order valence-corrected chi connectivity index (χ3v) is 4.77. The van der Waals surface area contributed by atoms with Crippen molar-refractivity contribution in [2.24, 2.45) is 0 Å². The molecule has 2 unspecified atom stereocenters. The van der Waals surface area contributed by atoms with Crippen LogP contribution in [0.4, 0.5) is 5.69 Å². The Hall–Kier alpha value is -0.670. The zero-order valence-electron chi connectivity index (χ0n) is 10.4. The Balaban J connectivity index is 2.32. The van der Waals surface area contributed by atoms with Gasteiger partial charge < -0.3 is 10.2 Å². The summed E-state index contributed by atoms with van der Waals surface area (Å²) in [6.45, 7) is 5.52. The number of rotatable bonds is 2. The summed E-state index contributed by atoms with van der Waals surface area (Å²) in [6, 6.07) is 7.31. The van der Waals surface area contributed by atoms with Gasteiger partial charge in [-0.2, -0.15) is 0 Å². The second-order valence-corrected chi connectivity index (χ2v) is 5.82. The van der Waals surface area contributed by atoms with Crippen molar-refractivity contribution < 1.29 is 0 Å². The zero-order valence-corrected chi connectivity index (χ0v) is 11.3. The van der Waals surface area contributed by atoms with Gasteiger partial charge >= 0.3 is 0 Å². The molecule has 3 heteroatoms. The second kappa shape index (κ2) is 4.68. The SMILES string of the molecule is CNCC1Sc2cc(C)ccc2N(C)C1C. The van der Waals surface area contributed by atoms with Gasteiger partial charge in [-0.25, -0.2) is 0 Å². The van der Waals surface area contributed by atoms with Crippen LogP contribution in [0.2, 0.25) is 0 Å². The van der Waals surface area contributed by atoms with Crippen molar-refractivity contribution >= 4 is 17.4 Å². The van der Waals surface area contributed by atoms with Crippen LogP contribution < -0.4 is 10.2 Å². The zero-order chi connectivity index (χ0) is 11.7. The average molecular weight is 236 g/mol. The third-order valence-electron chi connectivity index (χ3n) is 3.33. The highest BCUT2D eigenvalue weighted by Gasteiger charge is 2.29. The molecule has 1 aromatic carbocycles. The van der Waals surface area contributed by atoms with E-state index in [2.05, 4.69) is 49.3 Å². The molecular formula is C13H20N2S. The second-order valence-electron chi connectivity index (χ2n) is 4.54. The molecule has 0 spiro atoms. The van der Waals surface area contributed by atoms with Gasteiger partial charge in [-0.3, -0.25) is 0 Å². The first kappa shape index (κ1) is 11.8. The van der Waals surface area contributed by atoms with Crippen LogP contribution in [0.1, 0.15) is 12.5 Å².